The van der Waals surface area contributed by atoms with E-state index in [9.17, 15) is 71.7 Å². The summed E-state index contributed by atoms with van der Waals surface area (Å²) in [5, 5.41) is 18.7. The second kappa shape index (κ2) is 8.17. The van der Waals surface area contributed by atoms with Gasteiger partial charge in [0.1, 0.15) is 0 Å². The van der Waals surface area contributed by atoms with Crippen LogP contribution in [0.5, 0.6) is 0 Å². The van der Waals surface area contributed by atoms with Crippen LogP contribution >= 0.6 is 45.2 Å². The maximum Gasteiger partial charge on any atom is 0.459 e. The molecule has 0 fully saturated rings. The molecule has 1 rings (SSSR count). The summed E-state index contributed by atoms with van der Waals surface area (Å²) < 4.78 is 178. The van der Waals surface area contributed by atoms with Crippen molar-refractivity contribution < 1.29 is 71.7 Å². The predicted molar refractivity (Wildman–Crippen MR) is 88.0 cm³/mol. The van der Waals surface area contributed by atoms with Crippen molar-refractivity contribution in [3.05, 3.63) is 18.5 Å². The van der Waals surface area contributed by atoms with Gasteiger partial charge in [-0.15, -0.1) is 0 Å². The van der Waals surface area contributed by atoms with Crippen LogP contribution in [0.2, 0.25) is 0 Å². The Labute approximate surface area is 188 Å². The van der Waals surface area contributed by atoms with Gasteiger partial charge in [-0.1, -0.05) is 0 Å². The number of aromatic amines is 1. The Morgan fingerprint density at radius 1 is 0.548 bits per heavy atom. The molecule has 0 aromatic carbocycles. The molecule has 19 heteroatoms. The average Bonchev–Trinajstić information content (AvgIpc) is 2.86. The Hall–Kier alpha value is -0.320. The molecular formula is C12H5F14I2NO2. The third kappa shape index (κ3) is 4.43. The van der Waals surface area contributed by atoms with Crippen LogP contribution in [0.15, 0.2) is 0 Å². The Balaban J connectivity index is 3.56. The van der Waals surface area contributed by atoms with Crippen LogP contribution in [0.25, 0.3) is 0 Å². The van der Waals surface area contributed by atoms with Crippen molar-refractivity contribution in [3.63, 3.8) is 0 Å². The van der Waals surface area contributed by atoms with E-state index in [0.29, 0.717) is 0 Å². The minimum absolute atomic E-state index is 0.805. The van der Waals surface area contributed by atoms with Gasteiger partial charge in [0.2, 0.25) is 0 Å². The summed E-state index contributed by atoms with van der Waals surface area (Å²) >= 11 is 1.61. The number of aliphatic hydroxyl groups excluding tert-OH is 2. The number of hydrogen-bond acceptors (Lipinski definition) is 2. The standard InChI is InChI=1S/C12H5F14I2NO2/c13-7(14,9(17,18)11(21,22)23)5(30)3-1(27)2(28)4(29-3)6(31)8(15,16)10(19,20)12(24,25)26/h5-6,29-31H. The van der Waals surface area contributed by atoms with Crippen LogP contribution < -0.4 is 0 Å². The van der Waals surface area contributed by atoms with Gasteiger partial charge in [-0.2, -0.15) is 61.5 Å². The number of alkyl halides is 14. The molecule has 0 aliphatic carbocycles. The van der Waals surface area contributed by atoms with Gasteiger partial charge in [0.05, 0.1) is 18.5 Å². The van der Waals surface area contributed by atoms with Crippen LogP contribution in [0, 0.1) is 7.14 Å². The summed E-state index contributed by atoms with van der Waals surface area (Å²) in [5.41, 5.74) is -3.56. The van der Waals surface area contributed by atoms with Gasteiger partial charge in [-0.25, -0.2) is 0 Å². The fourth-order valence-electron chi connectivity index (χ4n) is 1.95. The maximum absolute atomic E-state index is 13.7. The third-order valence-corrected chi connectivity index (χ3v) is 6.99. The van der Waals surface area contributed by atoms with Crippen LogP contribution in [0.4, 0.5) is 61.5 Å². The summed E-state index contributed by atoms with van der Waals surface area (Å²) in [5.74, 6) is -26.5. The van der Waals surface area contributed by atoms with Gasteiger partial charge < -0.3 is 15.2 Å². The zero-order chi connectivity index (χ0) is 25.2. The summed E-state index contributed by atoms with van der Waals surface area (Å²) in [6.45, 7) is 0. The Bertz CT molecular complexity index is 751. The normalized spacial score (nSPS) is 17.1. The molecule has 0 saturated heterocycles. The minimum atomic E-state index is -6.91. The van der Waals surface area contributed by atoms with Crippen LogP contribution in [-0.2, 0) is 0 Å². The molecule has 0 saturated carbocycles. The van der Waals surface area contributed by atoms with E-state index in [2.05, 4.69) is 0 Å². The SMILES string of the molecule is OC(c1[nH]c(C(O)C(F)(F)C(F)(F)C(F)(F)F)c(I)c1I)C(F)(F)C(F)(F)C(F)(F)F. The number of aromatic nitrogens is 1. The minimum Gasteiger partial charge on any atom is -0.380 e. The number of H-pyrrole nitrogens is 1. The largest absolute Gasteiger partial charge is 0.459 e. The first-order chi connectivity index (χ1) is 13.4. The molecule has 31 heavy (non-hydrogen) atoms. The molecule has 3 nitrogen and oxygen atoms in total. The molecule has 0 radical (unpaired) electrons. The van der Waals surface area contributed by atoms with Crippen LogP contribution in [0.1, 0.15) is 23.6 Å². The number of nitrogens with one attached hydrogen (secondary N) is 1. The van der Waals surface area contributed by atoms with Gasteiger partial charge in [0, 0.05) is 0 Å². The Morgan fingerprint density at radius 2 is 0.774 bits per heavy atom. The molecule has 1 heterocycles. The monoisotopic (exact) mass is 715 g/mol. The van der Waals surface area contributed by atoms with Crippen molar-refractivity contribution in [1.29, 1.82) is 0 Å². The van der Waals surface area contributed by atoms with Crippen molar-refractivity contribution in [2.24, 2.45) is 0 Å². The molecule has 0 spiro atoms. The number of rotatable bonds is 6. The maximum atomic E-state index is 13.7. The second-order valence-corrected chi connectivity index (χ2v) is 7.93. The first kappa shape index (κ1) is 28.7. The summed E-state index contributed by atoms with van der Waals surface area (Å²) in [4.78, 5) is 1.13. The van der Waals surface area contributed by atoms with E-state index >= 15 is 0 Å². The number of halogens is 16. The predicted octanol–water partition coefficient (Wildman–Crippen LogP) is 5.96. The Kier molecular flexibility index (Phi) is 7.56. The molecule has 0 aliphatic rings. The molecule has 1 aromatic heterocycles. The van der Waals surface area contributed by atoms with E-state index in [1.54, 1.807) is 0 Å². The molecule has 2 atom stereocenters. The number of hydrogen-bond donors (Lipinski definition) is 3. The highest BCUT2D eigenvalue weighted by Crippen LogP contribution is 2.54. The average molecular weight is 715 g/mol. The molecular weight excluding hydrogens is 710 g/mol. The van der Waals surface area contributed by atoms with E-state index < -0.39 is 66.8 Å². The van der Waals surface area contributed by atoms with Gasteiger partial charge >= 0.3 is 36.0 Å². The fourth-order valence-corrected chi connectivity index (χ4v) is 3.39. The lowest BCUT2D eigenvalue weighted by atomic mass is 10.0. The smallest absolute Gasteiger partial charge is 0.380 e. The zero-order valence-corrected chi connectivity index (χ0v) is 17.9. The van der Waals surface area contributed by atoms with Gasteiger partial charge in [0.15, 0.2) is 12.2 Å². The lowest BCUT2D eigenvalue weighted by Crippen LogP contribution is -2.55. The summed E-state index contributed by atoms with van der Waals surface area (Å²) in [7, 11) is 0. The van der Waals surface area contributed by atoms with Gasteiger partial charge in [0.25, 0.3) is 0 Å². The second-order valence-electron chi connectivity index (χ2n) is 5.78. The van der Waals surface area contributed by atoms with Crippen molar-refractivity contribution >= 4 is 45.2 Å². The van der Waals surface area contributed by atoms with Crippen molar-refractivity contribution in [3.8, 4) is 0 Å². The van der Waals surface area contributed by atoms with Crippen molar-refractivity contribution in [1.82, 2.24) is 4.98 Å². The highest BCUT2D eigenvalue weighted by atomic mass is 127. The molecule has 0 aliphatic heterocycles. The van der Waals surface area contributed by atoms with E-state index in [-0.39, 0.29) is 0 Å². The van der Waals surface area contributed by atoms with E-state index in [1.807, 2.05) is 0 Å². The van der Waals surface area contributed by atoms with Crippen molar-refractivity contribution in [2.45, 2.75) is 48.3 Å². The highest BCUT2D eigenvalue weighted by Gasteiger charge is 2.77. The fraction of sp³-hybridized carbons (Fsp3) is 0.667. The molecule has 0 amide bonds. The molecule has 2 unspecified atom stereocenters. The van der Waals surface area contributed by atoms with Gasteiger partial charge in [-0.05, 0) is 45.2 Å². The highest BCUT2D eigenvalue weighted by molar-refractivity contribution is 14.1. The van der Waals surface area contributed by atoms with Crippen molar-refractivity contribution in [2.75, 3.05) is 0 Å². The van der Waals surface area contributed by atoms with Gasteiger partial charge in [-0.3, -0.25) is 0 Å². The van der Waals surface area contributed by atoms with E-state index in [4.69, 9.17) is 0 Å². The lowest BCUT2D eigenvalue weighted by Gasteiger charge is -2.32. The van der Waals surface area contributed by atoms with E-state index in [1.165, 1.54) is 0 Å². The summed E-state index contributed by atoms with van der Waals surface area (Å²) in [6.07, 6.45) is -22.1. The quantitative estimate of drug-likeness (QED) is 0.252. The third-order valence-electron chi connectivity index (χ3n) is 3.72. The van der Waals surface area contributed by atoms with E-state index in [0.717, 1.165) is 50.2 Å². The zero-order valence-electron chi connectivity index (χ0n) is 13.6. The summed E-state index contributed by atoms with van der Waals surface area (Å²) in [6, 6.07) is 0. The Morgan fingerprint density at radius 3 is 0.968 bits per heavy atom. The first-order valence-corrected chi connectivity index (χ1v) is 9.10. The molecule has 182 valence electrons. The topological polar surface area (TPSA) is 56.2 Å². The number of aliphatic hydroxyl groups is 2. The molecule has 1 aromatic rings. The lowest BCUT2D eigenvalue weighted by molar-refractivity contribution is -0.373. The van der Waals surface area contributed by atoms with Crippen LogP contribution in [0.3, 0.4) is 0 Å². The molecule has 0 bridgehead atoms. The van der Waals surface area contributed by atoms with Crippen LogP contribution in [-0.4, -0.2) is 51.2 Å². The first-order valence-electron chi connectivity index (χ1n) is 6.94. The molecule has 3 N–H and O–H groups in total.